The molecule has 2 fully saturated rings. The first kappa shape index (κ1) is 29.0. The van der Waals surface area contributed by atoms with Crippen molar-refractivity contribution in [2.45, 2.75) is 39.8 Å². The highest BCUT2D eigenvalue weighted by atomic mass is 35.5. The normalized spacial score (nSPS) is 19.1. The Balaban J connectivity index is 0.000000189. The van der Waals surface area contributed by atoms with Crippen molar-refractivity contribution in [3.8, 4) is 5.82 Å². The number of aryl methyl sites for hydroxylation is 2. The predicted octanol–water partition coefficient (Wildman–Crippen LogP) is 2.68. The Kier molecular flexibility index (Phi) is 9.01. The van der Waals surface area contributed by atoms with Gasteiger partial charge in [0.05, 0.1) is 48.4 Å². The van der Waals surface area contributed by atoms with Crippen molar-refractivity contribution in [2.75, 3.05) is 49.3 Å². The first-order valence-electron chi connectivity index (χ1n) is 12.5. The van der Waals surface area contributed by atoms with Crippen LogP contribution < -0.4 is 9.80 Å². The molecule has 5 heterocycles. The van der Waals surface area contributed by atoms with E-state index >= 15 is 0 Å². The van der Waals surface area contributed by atoms with Crippen molar-refractivity contribution in [3.63, 3.8) is 0 Å². The number of nitro groups is 2. The summed E-state index contributed by atoms with van der Waals surface area (Å²) in [4.78, 5) is 45.9. The summed E-state index contributed by atoms with van der Waals surface area (Å²) in [5.74, 6) is 1.12. The molecular weight excluding hydrogens is 548 g/mol. The molecule has 0 saturated carbocycles. The van der Waals surface area contributed by atoms with Gasteiger partial charge in [0.2, 0.25) is 22.9 Å². The summed E-state index contributed by atoms with van der Waals surface area (Å²) in [6.45, 7) is 10.8. The quantitative estimate of drug-likeness (QED) is 0.246. The van der Waals surface area contributed by atoms with E-state index in [9.17, 15) is 20.2 Å². The molecule has 3 aromatic heterocycles. The number of hydrogen-bond acceptors (Lipinski definition) is 13. The molecule has 3 aromatic rings. The van der Waals surface area contributed by atoms with E-state index in [1.54, 1.807) is 26.2 Å². The van der Waals surface area contributed by atoms with E-state index in [1.165, 1.54) is 10.9 Å². The van der Waals surface area contributed by atoms with Gasteiger partial charge in [-0.05, 0) is 27.7 Å². The third kappa shape index (κ3) is 6.24. The van der Waals surface area contributed by atoms with Crippen molar-refractivity contribution in [2.24, 2.45) is 0 Å². The van der Waals surface area contributed by atoms with E-state index < -0.39 is 9.85 Å². The van der Waals surface area contributed by atoms with Crippen LogP contribution in [0, 0.1) is 34.1 Å². The lowest BCUT2D eigenvalue weighted by molar-refractivity contribution is -0.386. The molecule has 0 aliphatic carbocycles. The zero-order valence-corrected chi connectivity index (χ0v) is 23.2. The summed E-state index contributed by atoms with van der Waals surface area (Å²) in [6.07, 6.45) is 4.67. The number of hydrogen-bond donors (Lipinski definition) is 0. The van der Waals surface area contributed by atoms with Gasteiger partial charge in [-0.2, -0.15) is 9.97 Å². The first-order valence-corrected chi connectivity index (χ1v) is 12.8. The number of nitrogens with zero attached hydrogens (tertiary/aromatic N) is 10. The average molecular weight is 577 g/mol. The van der Waals surface area contributed by atoms with Crippen LogP contribution >= 0.6 is 11.6 Å². The molecule has 2 aliphatic rings. The summed E-state index contributed by atoms with van der Waals surface area (Å²) >= 11 is 5.85. The SMILES string of the molecule is Cc1nc(N2CCOCC2C)nc(-n2ccnc2)c1[N+](=O)[O-].Cc1nc(N2CCOCC2C)nc(Cl)c1[N+](=O)[O-]. The minimum absolute atomic E-state index is 0.109. The van der Waals surface area contributed by atoms with Gasteiger partial charge in [-0.1, -0.05) is 11.6 Å². The van der Waals surface area contributed by atoms with Gasteiger partial charge in [-0.25, -0.2) is 15.0 Å². The molecule has 0 N–H and O–H groups in total. The summed E-state index contributed by atoms with van der Waals surface area (Å²) in [6, 6.07) is 0.237. The Morgan fingerprint density at radius 3 is 1.85 bits per heavy atom. The number of ether oxygens (including phenoxy) is 2. The summed E-state index contributed by atoms with van der Waals surface area (Å²) in [5, 5.41) is 22.0. The zero-order chi connectivity index (χ0) is 29.0. The lowest BCUT2D eigenvalue weighted by Gasteiger charge is -2.33. The molecule has 2 atom stereocenters. The molecule has 2 unspecified atom stereocenters. The third-order valence-corrected chi connectivity index (χ3v) is 6.66. The second-order valence-corrected chi connectivity index (χ2v) is 9.61. The minimum atomic E-state index is -0.565. The van der Waals surface area contributed by atoms with Gasteiger partial charge >= 0.3 is 11.4 Å². The van der Waals surface area contributed by atoms with Gasteiger partial charge in [-0.15, -0.1) is 0 Å². The van der Waals surface area contributed by atoms with Crippen LogP contribution in [0.4, 0.5) is 23.3 Å². The van der Waals surface area contributed by atoms with E-state index in [4.69, 9.17) is 21.1 Å². The second kappa shape index (κ2) is 12.4. The number of halogens is 1. The maximum Gasteiger partial charge on any atom is 0.333 e. The molecule has 0 radical (unpaired) electrons. The lowest BCUT2D eigenvalue weighted by Crippen LogP contribution is -2.44. The Labute approximate surface area is 234 Å². The van der Waals surface area contributed by atoms with Crippen molar-refractivity contribution < 1.29 is 19.3 Å². The van der Waals surface area contributed by atoms with Crippen molar-refractivity contribution >= 4 is 34.9 Å². The topological polar surface area (TPSA) is 181 Å². The molecule has 0 spiro atoms. The number of morpholine rings is 2. The van der Waals surface area contributed by atoms with Crippen molar-refractivity contribution in [3.05, 3.63) is 55.5 Å². The fourth-order valence-electron chi connectivity index (χ4n) is 4.35. The van der Waals surface area contributed by atoms with Gasteiger partial charge in [0, 0.05) is 25.5 Å². The van der Waals surface area contributed by atoms with Gasteiger partial charge in [-0.3, -0.25) is 24.8 Å². The molecule has 40 heavy (non-hydrogen) atoms. The highest BCUT2D eigenvalue weighted by Gasteiger charge is 2.29. The monoisotopic (exact) mass is 576 g/mol. The molecule has 17 heteroatoms. The number of anilines is 2. The molecular formula is C23H29ClN10O6. The molecule has 0 amide bonds. The van der Waals surface area contributed by atoms with Crippen LogP contribution in [-0.4, -0.2) is 90.9 Å². The van der Waals surface area contributed by atoms with Gasteiger partial charge in [0.1, 0.15) is 17.7 Å². The predicted molar refractivity (Wildman–Crippen MR) is 144 cm³/mol. The summed E-state index contributed by atoms with van der Waals surface area (Å²) in [7, 11) is 0. The fourth-order valence-corrected chi connectivity index (χ4v) is 4.63. The zero-order valence-electron chi connectivity index (χ0n) is 22.4. The highest BCUT2D eigenvalue weighted by molar-refractivity contribution is 6.31. The van der Waals surface area contributed by atoms with Crippen molar-refractivity contribution in [1.29, 1.82) is 0 Å². The van der Waals surface area contributed by atoms with Gasteiger partial charge in [0.15, 0.2) is 0 Å². The van der Waals surface area contributed by atoms with E-state index in [0.29, 0.717) is 57.1 Å². The highest BCUT2D eigenvalue weighted by Crippen LogP contribution is 2.29. The standard InChI is InChI=1S/C13H16N6O3.C10H13ClN4O3/c1-9-7-22-6-5-18(9)13-15-10(2)11(19(20)21)12(16-13)17-4-3-14-8-17;1-6-5-18-4-3-14(6)10-12-7(2)8(15(16)17)9(11)13-10/h3-4,8-9H,5-7H2,1-2H3;6H,3-5H2,1-2H3. The molecule has 2 saturated heterocycles. The van der Waals surface area contributed by atoms with Crippen LogP contribution in [0.25, 0.3) is 5.82 Å². The Bertz CT molecular complexity index is 1350. The maximum absolute atomic E-state index is 11.3. The minimum Gasteiger partial charge on any atom is -0.377 e. The van der Waals surface area contributed by atoms with Crippen LogP contribution in [0.15, 0.2) is 18.7 Å². The Hall–Kier alpha value is -4.02. The molecule has 5 rings (SSSR count). The lowest BCUT2D eigenvalue weighted by atomic mass is 10.2. The third-order valence-electron chi connectivity index (χ3n) is 6.40. The number of rotatable bonds is 5. The largest absolute Gasteiger partial charge is 0.377 e. The van der Waals surface area contributed by atoms with Crippen LogP contribution in [-0.2, 0) is 9.47 Å². The Morgan fingerprint density at radius 1 is 0.875 bits per heavy atom. The molecule has 2 aliphatic heterocycles. The van der Waals surface area contributed by atoms with E-state index in [1.807, 2.05) is 23.6 Å². The van der Waals surface area contributed by atoms with E-state index in [2.05, 4.69) is 24.9 Å². The van der Waals surface area contributed by atoms with Crippen molar-refractivity contribution in [1.82, 2.24) is 29.5 Å². The van der Waals surface area contributed by atoms with Crippen LogP contribution in [0.1, 0.15) is 25.2 Å². The molecule has 214 valence electrons. The van der Waals surface area contributed by atoms with Crippen LogP contribution in [0.2, 0.25) is 5.15 Å². The molecule has 0 aromatic carbocycles. The van der Waals surface area contributed by atoms with E-state index in [-0.39, 0.29) is 40.1 Å². The molecule has 0 bridgehead atoms. The number of imidazole rings is 1. The fraction of sp³-hybridized carbons (Fsp3) is 0.522. The number of aromatic nitrogens is 6. The van der Waals surface area contributed by atoms with Gasteiger partial charge in [0.25, 0.3) is 0 Å². The maximum atomic E-state index is 11.3. The molecule has 16 nitrogen and oxygen atoms in total. The smallest absolute Gasteiger partial charge is 0.333 e. The van der Waals surface area contributed by atoms with Crippen LogP contribution in [0.5, 0.6) is 0 Å². The first-order chi connectivity index (χ1) is 19.1. The van der Waals surface area contributed by atoms with Crippen LogP contribution in [0.3, 0.4) is 0 Å². The average Bonchev–Trinajstić information content (AvgIpc) is 3.43. The summed E-state index contributed by atoms with van der Waals surface area (Å²) in [5.41, 5.74) is 0.259. The Morgan fingerprint density at radius 2 is 1.40 bits per heavy atom. The van der Waals surface area contributed by atoms with Gasteiger partial charge < -0.3 is 19.3 Å². The van der Waals surface area contributed by atoms with E-state index in [0.717, 1.165) is 0 Å². The summed E-state index contributed by atoms with van der Waals surface area (Å²) < 4.78 is 12.3. The second-order valence-electron chi connectivity index (χ2n) is 9.25.